The summed E-state index contributed by atoms with van der Waals surface area (Å²) in [4.78, 5) is 14.5. The first-order valence-electron chi connectivity index (χ1n) is 3.96. The zero-order valence-electron chi connectivity index (χ0n) is 7.26. The fraction of sp³-hybridized carbons (Fsp3) is 0.125. The number of nitrogens with zero attached hydrogens (tertiary/aromatic N) is 3. The first-order chi connectivity index (χ1) is 7.11. The zero-order valence-corrected chi connectivity index (χ0v) is 7.26. The van der Waals surface area contributed by atoms with Crippen LogP contribution in [0.3, 0.4) is 0 Å². The van der Waals surface area contributed by atoms with Crippen LogP contribution in [0.15, 0.2) is 18.5 Å². The van der Waals surface area contributed by atoms with E-state index in [4.69, 9.17) is 5.11 Å². The lowest BCUT2D eigenvalue weighted by atomic mass is 10.2. The second-order valence-corrected chi connectivity index (χ2v) is 2.75. The van der Waals surface area contributed by atoms with Gasteiger partial charge in [0.2, 0.25) is 0 Å². The third-order valence-corrected chi connectivity index (χ3v) is 1.84. The second-order valence-electron chi connectivity index (χ2n) is 2.75. The van der Waals surface area contributed by atoms with Crippen molar-refractivity contribution in [3.05, 3.63) is 29.7 Å². The summed E-state index contributed by atoms with van der Waals surface area (Å²) >= 11 is 0. The summed E-state index contributed by atoms with van der Waals surface area (Å²) in [5, 5.41) is 12.2. The molecule has 0 fully saturated rings. The van der Waals surface area contributed by atoms with E-state index in [0.29, 0.717) is 0 Å². The molecule has 5 nitrogen and oxygen atoms in total. The molecule has 0 unspecified atom stereocenters. The van der Waals surface area contributed by atoms with Crippen LogP contribution >= 0.6 is 0 Å². The minimum atomic E-state index is -2.93. The highest BCUT2D eigenvalue weighted by Crippen LogP contribution is 2.23. The number of fused-ring (bicyclic) bond motifs is 1. The van der Waals surface area contributed by atoms with Gasteiger partial charge in [0.05, 0.1) is 0 Å². The van der Waals surface area contributed by atoms with Crippen LogP contribution in [0.5, 0.6) is 0 Å². The third-order valence-electron chi connectivity index (χ3n) is 1.84. The molecule has 78 valence electrons. The third kappa shape index (κ3) is 1.41. The summed E-state index contributed by atoms with van der Waals surface area (Å²) in [5.41, 5.74) is -1.40. The van der Waals surface area contributed by atoms with Gasteiger partial charge in [0.25, 0.3) is 6.43 Å². The minimum Gasteiger partial charge on any atom is -0.477 e. The normalized spacial score (nSPS) is 11.1. The topological polar surface area (TPSA) is 67.5 Å². The van der Waals surface area contributed by atoms with Crippen molar-refractivity contribution in [2.45, 2.75) is 6.43 Å². The van der Waals surface area contributed by atoms with Crippen molar-refractivity contribution in [1.82, 2.24) is 14.6 Å². The van der Waals surface area contributed by atoms with Gasteiger partial charge in [-0.2, -0.15) is 5.10 Å². The number of aromatic carboxylic acids is 1. The van der Waals surface area contributed by atoms with Crippen LogP contribution in [0.25, 0.3) is 5.65 Å². The quantitative estimate of drug-likeness (QED) is 0.817. The molecular formula is C8H5F2N3O2. The van der Waals surface area contributed by atoms with Crippen molar-refractivity contribution in [3.63, 3.8) is 0 Å². The molecule has 0 aliphatic rings. The largest absolute Gasteiger partial charge is 0.477 e. The second kappa shape index (κ2) is 3.26. The van der Waals surface area contributed by atoms with Crippen molar-refractivity contribution >= 4 is 11.6 Å². The van der Waals surface area contributed by atoms with Gasteiger partial charge in [-0.1, -0.05) is 0 Å². The monoisotopic (exact) mass is 213 g/mol. The lowest BCUT2D eigenvalue weighted by molar-refractivity contribution is 0.0686. The van der Waals surface area contributed by atoms with Crippen LogP contribution < -0.4 is 0 Å². The van der Waals surface area contributed by atoms with E-state index in [1.54, 1.807) is 0 Å². The van der Waals surface area contributed by atoms with Gasteiger partial charge in [0.1, 0.15) is 11.3 Å². The first kappa shape index (κ1) is 9.50. The summed E-state index contributed by atoms with van der Waals surface area (Å²) in [6.45, 7) is 0. The van der Waals surface area contributed by atoms with E-state index in [1.807, 2.05) is 0 Å². The molecule has 2 aromatic heterocycles. The molecule has 1 N–H and O–H groups in total. The zero-order chi connectivity index (χ0) is 11.0. The Morgan fingerprint density at radius 1 is 1.53 bits per heavy atom. The average Bonchev–Trinajstić information content (AvgIpc) is 2.56. The van der Waals surface area contributed by atoms with Crippen molar-refractivity contribution in [2.24, 2.45) is 0 Å². The van der Waals surface area contributed by atoms with Gasteiger partial charge in [-0.25, -0.2) is 23.1 Å². The van der Waals surface area contributed by atoms with Crippen LogP contribution in [0.4, 0.5) is 8.78 Å². The van der Waals surface area contributed by atoms with Gasteiger partial charge in [0, 0.05) is 12.4 Å². The molecule has 7 heteroatoms. The minimum absolute atomic E-state index is 0.0831. The van der Waals surface area contributed by atoms with E-state index >= 15 is 0 Å². The van der Waals surface area contributed by atoms with Crippen LogP contribution in [-0.2, 0) is 0 Å². The van der Waals surface area contributed by atoms with Gasteiger partial charge in [-0.3, -0.25) is 0 Å². The van der Waals surface area contributed by atoms with Gasteiger partial charge in [-0.15, -0.1) is 0 Å². The van der Waals surface area contributed by atoms with Crippen molar-refractivity contribution in [3.8, 4) is 0 Å². The molecule has 0 saturated heterocycles. The number of alkyl halides is 2. The number of aromatic nitrogens is 3. The molecule has 2 rings (SSSR count). The highest BCUT2D eigenvalue weighted by Gasteiger charge is 2.25. The van der Waals surface area contributed by atoms with Crippen LogP contribution in [0.2, 0.25) is 0 Å². The molecule has 0 amide bonds. The lowest BCUT2D eigenvalue weighted by Crippen LogP contribution is -2.01. The summed E-state index contributed by atoms with van der Waals surface area (Å²) in [6, 6.07) is 1.47. The molecule has 0 atom stereocenters. The SMILES string of the molecule is O=C(O)c1c(C(F)F)nn2cccnc12. The predicted octanol–water partition coefficient (Wildman–Crippen LogP) is 1.37. The summed E-state index contributed by atoms with van der Waals surface area (Å²) < 4.78 is 25.9. The Morgan fingerprint density at radius 3 is 2.87 bits per heavy atom. The smallest absolute Gasteiger partial charge is 0.341 e. The van der Waals surface area contributed by atoms with E-state index in [0.717, 1.165) is 4.52 Å². The molecule has 0 aliphatic carbocycles. The van der Waals surface area contributed by atoms with Gasteiger partial charge in [-0.05, 0) is 6.07 Å². The number of carboxylic acids is 1. The highest BCUT2D eigenvalue weighted by atomic mass is 19.3. The van der Waals surface area contributed by atoms with E-state index in [9.17, 15) is 13.6 Å². The molecule has 0 aliphatic heterocycles. The molecule has 0 bridgehead atoms. The van der Waals surface area contributed by atoms with Crippen molar-refractivity contribution in [1.29, 1.82) is 0 Å². The summed E-state index contributed by atoms with van der Waals surface area (Å²) in [5.74, 6) is -1.46. The molecule has 0 spiro atoms. The van der Waals surface area contributed by atoms with E-state index in [-0.39, 0.29) is 5.65 Å². The maximum Gasteiger partial charge on any atom is 0.341 e. The standard InChI is InChI=1S/C8H5F2N3O2/c9-6(10)5-4(8(14)15)7-11-2-1-3-13(7)12-5/h1-3,6H,(H,14,15). The van der Waals surface area contributed by atoms with E-state index < -0.39 is 23.7 Å². The van der Waals surface area contributed by atoms with E-state index in [1.165, 1.54) is 18.5 Å². The summed E-state index contributed by atoms with van der Waals surface area (Å²) in [7, 11) is 0. The molecule has 0 aromatic carbocycles. The fourth-order valence-electron chi connectivity index (χ4n) is 1.26. The van der Waals surface area contributed by atoms with Gasteiger partial charge < -0.3 is 5.11 Å². The van der Waals surface area contributed by atoms with Crippen LogP contribution in [0, 0.1) is 0 Å². The maximum atomic E-state index is 12.5. The summed E-state index contributed by atoms with van der Waals surface area (Å²) in [6.07, 6.45) is -0.253. The lowest BCUT2D eigenvalue weighted by Gasteiger charge is -1.94. The Morgan fingerprint density at radius 2 is 2.27 bits per heavy atom. The van der Waals surface area contributed by atoms with Crippen molar-refractivity contribution < 1.29 is 18.7 Å². The number of rotatable bonds is 2. The Kier molecular flexibility index (Phi) is 2.07. The van der Waals surface area contributed by atoms with Gasteiger partial charge in [0.15, 0.2) is 5.65 Å². The number of carboxylic acid groups (broad SMARTS) is 1. The number of hydrogen-bond acceptors (Lipinski definition) is 3. The average molecular weight is 213 g/mol. The van der Waals surface area contributed by atoms with Crippen LogP contribution in [0.1, 0.15) is 22.5 Å². The molecule has 0 saturated carbocycles. The molecule has 0 radical (unpaired) electrons. The Labute approximate surface area is 82.0 Å². The molecule has 2 heterocycles. The fourth-order valence-corrected chi connectivity index (χ4v) is 1.26. The number of halogens is 2. The molecular weight excluding hydrogens is 208 g/mol. The predicted molar refractivity (Wildman–Crippen MR) is 44.9 cm³/mol. The Bertz CT molecular complexity index is 524. The number of carbonyl (C=O) groups is 1. The molecule has 15 heavy (non-hydrogen) atoms. The molecule has 2 aromatic rings. The first-order valence-corrected chi connectivity index (χ1v) is 3.96. The van der Waals surface area contributed by atoms with E-state index in [2.05, 4.69) is 10.1 Å². The van der Waals surface area contributed by atoms with Gasteiger partial charge >= 0.3 is 5.97 Å². The Balaban J connectivity index is 2.80. The number of hydrogen-bond donors (Lipinski definition) is 1. The van der Waals surface area contributed by atoms with Crippen LogP contribution in [-0.4, -0.2) is 25.7 Å². The maximum absolute atomic E-state index is 12.5. The van der Waals surface area contributed by atoms with Crippen molar-refractivity contribution in [2.75, 3.05) is 0 Å². The highest BCUT2D eigenvalue weighted by molar-refractivity contribution is 5.95. The Hall–Kier alpha value is -2.05.